The van der Waals surface area contributed by atoms with Crippen LogP contribution in [0.4, 0.5) is 11.4 Å². The summed E-state index contributed by atoms with van der Waals surface area (Å²) in [6.07, 6.45) is 0.00501. The largest absolute Gasteiger partial charge is 0.497 e. The van der Waals surface area contributed by atoms with Crippen LogP contribution in [0.1, 0.15) is 17.5 Å². The van der Waals surface area contributed by atoms with Gasteiger partial charge in [-0.25, -0.2) is 0 Å². The van der Waals surface area contributed by atoms with Crippen LogP contribution in [0.25, 0.3) is 0 Å². The number of hydrogen-bond acceptors (Lipinski definition) is 7. The molecule has 1 aliphatic rings. The summed E-state index contributed by atoms with van der Waals surface area (Å²) in [5.41, 5.74) is 3.36. The van der Waals surface area contributed by atoms with Crippen molar-refractivity contribution in [2.24, 2.45) is 5.92 Å². The molecule has 3 aromatic carbocycles. The van der Waals surface area contributed by atoms with Crippen molar-refractivity contribution >= 4 is 29.2 Å². The number of methoxy groups -OCH3 is 2. The molecular formula is C29H30N2O7. The summed E-state index contributed by atoms with van der Waals surface area (Å²) in [4.78, 5) is 39.1. The maximum Gasteiger partial charge on any atom is 0.311 e. The van der Waals surface area contributed by atoms with Gasteiger partial charge in [0, 0.05) is 24.7 Å². The third-order valence-corrected chi connectivity index (χ3v) is 6.35. The van der Waals surface area contributed by atoms with E-state index in [2.05, 4.69) is 5.32 Å². The molecular weight excluding hydrogens is 488 g/mol. The number of carbonyl (C=O) groups excluding carboxylic acids is 3. The van der Waals surface area contributed by atoms with Gasteiger partial charge in [0.2, 0.25) is 5.91 Å². The van der Waals surface area contributed by atoms with E-state index in [-0.39, 0.29) is 18.9 Å². The predicted octanol–water partition coefficient (Wildman–Crippen LogP) is 4.65. The van der Waals surface area contributed by atoms with Crippen LogP contribution in [0, 0.1) is 19.8 Å². The molecule has 1 saturated heterocycles. The van der Waals surface area contributed by atoms with Crippen LogP contribution in [0.2, 0.25) is 0 Å². The van der Waals surface area contributed by atoms with E-state index in [4.69, 9.17) is 18.9 Å². The molecule has 2 amide bonds. The van der Waals surface area contributed by atoms with Crippen molar-refractivity contribution in [1.29, 1.82) is 0 Å². The number of ether oxygens (including phenoxy) is 4. The lowest BCUT2D eigenvalue weighted by Gasteiger charge is -2.17. The molecule has 0 spiro atoms. The molecule has 0 radical (unpaired) electrons. The third kappa shape index (κ3) is 6.23. The summed E-state index contributed by atoms with van der Waals surface area (Å²) < 4.78 is 21.5. The van der Waals surface area contributed by atoms with Crippen LogP contribution >= 0.6 is 0 Å². The summed E-state index contributed by atoms with van der Waals surface area (Å²) in [7, 11) is 2.99. The highest BCUT2D eigenvalue weighted by molar-refractivity contribution is 6.00. The maximum absolute atomic E-state index is 12.6. The van der Waals surface area contributed by atoms with E-state index in [1.807, 2.05) is 32.0 Å². The Bertz CT molecular complexity index is 1340. The average molecular weight is 519 g/mol. The summed E-state index contributed by atoms with van der Waals surface area (Å²) >= 11 is 0. The second kappa shape index (κ2) is 11.7. The number of anilines is 2. The van der Waals surface area contributed by atoms with Crippen LogP contribution in [0.3, 0.4) is 0 Å². The Kier molecular flexibility index (Phi) is 8.15. The number of aryl methyl sites for hydroxylation is 2. The second-order valence-corrected chi connectivity index (χ2v) is 8.97. The quantitative estimate of drug-likeness (QED) is 0.412. The first-order valence-electron chi connectivity index (χ1n) is 12.1. The Morgan fingerprint density at radius 2 is 1.61 bits per heavy atom. The lowest BCUT2D eigenvalue weighted by Crippen LogP contribution is -2.28. The Morgan fingerprint density at radius 3 is 2.29 bits per heavy atom. The number of rotatable bonds is 9. The van der Waals surface area contributed by atoms with Crippen molar-refractivity contribution in [2.45, 2.75) is 20.3 Å². The van der Waals surface area contributed by atoms with Crippen LogP contribution in [-0.4, -0.2) is 45.2 Å². The average Bonchev–Trinajstić information content (AvgIpc) is 3.31. The zero-order chi connectivity index (χ0) is 27.2. The van der Waals surface area contributed by atoms with Crippen molar-refractivity contribution in [2.75, 3.05) is 37.6 Å². The molecule has 0 saturated carbocycles. The van der Waals surface area contributed by atoms with Crippen LogP contribution in [0.15, 0.2) is 60.7 Å². The zero-order valence-corrected chi connectivity index (χ0v) is 21.8. The molecule has 9 nitrogen and oxygen atoms in total. The Morgan fingerprint density at radius 1 is 0.895 bits per heavy atom. The number of benzene rings is 3. The van der Waals surface area contributed by atoms with E-state index in [0.29, 0.717) is 28.6 Å². The highest BCUT2D eigenvalue weighted by Gasteiger charge is 2.36. The fraction of sp³-hybridized carbons (Fsp3) is 0.276. The summed E-state index contributed by atoms with van der Waals surface area (Å²) in [5.74, 6) is 0.329. The topological polar surface area (TPSA) is 103 Å². The molecule has 38 heavy (non-hydrogen) atoms. The lowest BCUT2D eigenvalue weighted by atomic mass is 10.1. The van der Waals surface area contributed by atoms with E-state index < -0.39 is 24.4 Å². The lowest BCUT2D eigenvalue weighted by molar-refractivity contribution is -0.151. The van der Waals surface area contributed by atoms with Gasteiger partial charge in [-0.05, 0) is 73.5 Å². The van der Waals surface area contributed by atoms with Gasteiger partial charge >= 0.3 is 5.97 Å². The molecule has 1 fully saturated rings. The van der Waals surface area contributed by atoms with Gasteiger partial charge < -0.3 is 29.2 Å². The third-order valence-electron chi connectivity index (χ3n) is 6.35. The molecule has 1 atom stereocenters. The molecule has 9 heteroatoms. The van der Waals surface area contributed by atoms with Crippen molar-refractivity contribution < 1.29 is 33.3 Å². The first-order chi connectivity index (χ1) is 18.3. The smallest absolute Gasteiger partial charge is 0.311 e. The fourth-order valence-corrected chi connectivity index (χ4v) is 4.08. The predicted molar refractivity (Wildman–Crippen MR) is 142 cm³/mol. The van der Waals surface area contributed by atoms with Crippen LogP contribution in [0.5, 0.6) is 23.0 Å². The summed E-state index contributed by atoms with van der Waals surface area (Å²) in [5, 5.41) is 2.64. The molecule has 1 heterocycles. The summed E-state index contributed by atoms with van der Waals surface area (Å²) in [6, 6.07) is 17.9. The molecule has 3 aromatic rings. The van der Waals surface area contributed by atoms with E-state index in [0.717, 1.165) is 11.3 Å². The zero-order valence-electron chi connectivity index (χ0n) is 21.8. The van der Waals surface area contributed by atoms with E-state index in [9.17, 15) is 14.4 Å². The highest BCUT2D eigenvalue weighted by atomic mass is 16.5. The monoisotopic (exact) mass is 518 g/mol. The van der Waals surface area contributed by atoms with Crippen molar-refractivity contribution in [3.63, 3.8) is 0 Å². The molecule has 1 aliphatic heterocycles. The SMILES string of the molecule is COc1ccc(OC)c(NC(=O)COC(=O)[C@@H]2CC(=O)N(c3ccc(Oc4ccc(C)c(C)c4)cc3)C2)c1. The number of nitrogens with zero attached hydrogens (tertiary/aromatic N) is 1. The number of esters is 1. The van der Waals surface area contributed by atoms with Crippen molar-refractivity contribution in [3.05, 3.63) is 71.8 Å². The Labute approximate surface area is 221 Å². The number of hydrogen-bond donors (Lipinski definition) is 1. The van der Waals surface area contributed by atoms with E-state index in [1.165, 1.54) is 24.7 Å². The van der Waals surface area contributed by atoms with Crippen LogP contribution < -0.4 is 24.4 Å². The minimum Gasteiger partial charge on any atom is -0.497 e. The van der Waals surface area contributed by atoms with Gasteiger partial charge in [-0.1, -0.05) is 6.07 Å². The molecule has 0 bridgehead atoms. The van der Waals surface area contributed by atoms with Crippen molar-refractivity contribution in [1.82, 2.24) is 0 Å². The maximum atomic E-state index is 12.6. The first-order valence-corrected chi connectivity index (χ1v) is 12.1. The standard InChI is InChI=1S/C29H30N2O7/c1-18-5-8-24(13-19(18)2)38-22-9-6-21(7-10-22)31-16-20(14-28(31)33)29(34)37-17-27(32)30-25-15-23(35-3)11-12-26(25)36-4/h5-13,15,20H,14,16-17H2,1-4H3,(H,30,32)/t20-/m1/s1. The normalized spacial score (nSPS) is 14.7. The highest BCUT2D eigenvalue weighted by Crippen LogP contribution is 2.31. The molecule has 0 aromatic heterocycles. The molecule has 4 rings (SSSR count). The Hall–Kier alpha value is -4.53. The van der Waals surface area contributed by atoms with Gasteiger partial charge in [0.25, 0.3) is 5.91 Å². The minimum absolute atomic E-state index is 0.00501. The first kappa shape index (κ1) is 26.5. The molecule has 0 unspecified atom stereocenters. The van der Waals surface area contributed by atoms with E-state index >= 15 is 0 Å². The van der Waals surface area contributed by atoms with Gasteiger partial charge in [-0.3, -0.25) is 14.4 Å². The fourth-order valence-electron chi connectivity index (χ4n) is 4.08. The number of carbonyl (C=O) groups is 3. The second-order valence-electron chi connectivity index (χ2n) is 8.97. The van der Waals surface area contributed by atoms with Gasteiger partial charge in [-0.2, -0.15) is 0 Å². The Balaban J connectivity index is 1.31. The van der Waals surface area contributed by atoms with Gasteiger partial charge in [-0.15, -0.1) is 0 Å². The molecule has 0 aliphatic carbocycles. The number of nitrogens with one attached hydrogen (secondary N) is 1. The van der Waals surface area contributed by atoms with E-state index in [1.54, 1.807) is 42.5 Å². The van der Waals surface area contributed by atoms with Crippen LogP contribution in [-0.2, 0) is 19.1 Å². The summed E-state index contributed by atoms with van der Waals surface area (Å²) in [6.45, 7) is 3.74. The minimum atomic E-state index is -0.673. The van der Waals surface area contributed by atoms with Crippen molar-refractivity contribution in [3.8, 4) is 23.0 Å². The van der Waals surface area contributed by atoms with Gasteiger partial charge in [0.15, 0.2) is 6.61 Å². The van der Waals surface area contributed by atoms with Gasteiger partial charge in [0.05, 0.1) is 25.8 Å². The number of amides is 2. The molecule has 1 N–H and O–H groups in total. The van der Waals surface area contributed by atoms with Gasteiger partial charge in [0.1, 0.15) is 23.0 Å². The molecule has 198 valence electrons.